The summed E-state index contributed by atoms with van der Waals surface area (Å²) in [6.07, 6.45) is 0. The van der Waals surface area contributed by atoms with Crippen LogP contribution in [0.3, 0.4) is 0 Å². The fraction of sp³-hybridized carbons (Fsp3) is 0.538. The van der Waals surface area contributed by atoms with E-state index >= 15 is 0 Å². The van der Waals surface area contributed by atoms with Gasteiger partial charge in [0.05, 0.1) is 21.6 Å². The van der Waals surface area contributed by atoms with Crippen molar-refractivity contribution in [2.24, 2.45) is 5.73 Å². The smallest absolute Gasteiger partial charge is 0.402 e. The fourth-order valence-corrected chi connectivity index (χ4v) is 2.34. The van der Waals surface area contributed by atoms with Crippen LogP contribution in [0, 0.1) is 5.82 Å². The predicted octanol–water partition coefficient (Wildman–Crippen LogP) is 3.22. The molecule has 6 heteroatoms. The zero-order valence-corrected chi connectivity index (χ0v) is 13.1. The molecule has 1 saturated heterocycles. The molecule has 1 aromatic carbocycles. The summed E-state index contributed by atoms with van der Waals surface area (Å²) in [7, 11) is -0.659. The van der Waals surface area contributed by atoms with E-state index in [2.05, 4.69) is 15.9 Å². The van der Waals surface area contributed by atoms with Crippen molar-refractivity contribution in [3.63, 3.8) is 0 Å². The van der Waals surface area contributed by atoms with Crippen LogP contribution in [-0.2, 0) is 9.31 Å². The first-order valence-corrected chi connectivity index (χ1v) is 7.00. The van der Waals surface area contributed by atoms with Crippen LogP contribution < -0.4 is 5.73 Å². The lowest BCUT2D eigenvalue weighted by Crippen LogP contribution is -2.41. The maximum atomic E-state index is 14.1. The zero-order valence-electron chi connectivity index (χ0n) is 11.5. The molecule has 0 amide bonds. The van der Waals surface area contributed by atoms with Crippen LogP contribution in [0.15, 0.2) is 22.7 Å². The molecule has 0 saturated carbocycles. The fourth-order valence-electron chi connectivity index (χ4n) is 1.96. The monoisotopic (exact) mass is 329 g/mol. The van der Waals surface area contributed by atoms with Crippen LogP contribution in [0.2, 0.25) is 0 Å². The topological polar surface area (TPSA) is 44.5 Å². The summed E-state index contributed by atoms with van der Waals surface area (Å²) in [6, 6.07) is 5.03. The molecule has 104 valence electrons. The van der Waals surface area contributed by atoms with Crippen LogP contribution in [0.25, 0.3) is 0 Å². The second kappa shape index (κ2) is 4.84. The Morgan fingerprint density at radius 3 is 2.26 bits per heavy atom. The van der Waals surface area contributed by atoms with Crippen molar-refractivity contribution in [2.75, 3.05) is 0 Å². The Labute approximate surface area is 121 Å². The highest BCUT2D eigenvalue weighted by molar-refractivity contribution is 9.10. The van der Waals surface area contributed by atoms with Crippen molar-refractivity contribution in [3.8, 4) is 0 Å². The maximum Gasteiger partial charge on any atom is 0.480 e. The van der Waals surface area contributed by atoms with E-state index in [1.54, 1.807) is 18.2 Å². The summed E-state index contributed by atoms with van der Waals surface area (Å²) in [5, 5.41) is 0. The highest BCUT2D eigenvalue weighted by atomic mass is 79.9. The number of hydrogen-bond donors (Lipinski definition) is 1. The normalized spacial score (nSPS) is 22.6. The molecule has 1 aromatic rings. The Kier molecular flexibility index (Phi) is 3.82. The average molecular weight is 330 g/mol. The molecule has 1 fully saturated rings. The Balaban J connectivity index is 2.27. The average Bonchev–Trinajstić information content (AvgIpc) is 2.51. The lowest BCUT2D eigenvalue weighted by Gasteiger charge is -2.32. The van der Waals surface area contributed by atoms with Crippen LogP contribution in [0.4, 0.5) is 4.39 Å². The van der Waals surface area contributed by atoms with Crippen LogP contribution >= 0.6 is 15.9 Å². The largest absolute Gasteiger partial charge is 0.480 e. The zero-order chi connectivity index (χ0) is 14.4. The quantitative estimate of drug-likeness (QED) is 0.847. The minimum absolute atomic E-state index is 0.371. The van der Waals surface area contributed by atoms with Gasteiger partial charge in [0.15, 0.2) is 0 Å². The van der Waals surface area contributed by atoms with E-state index in [1.165, 1.54) is 0 Å². The van der Waals surface area contributed by atoms with Crippen LogP contribution in [0.5, 0.6) is 0 Å². The van der Waals surface area contributed by atoms with Gasteiger partial charge in [0.25, 0.3) is 0 Å². The highest BCUT2D eigenvalue weighted by Gasteiger charge is 2.53. The maximum absolute atomic E-state index is 14.1. The van der Waals surface area contributed by atoms with Crippen molar-refractivity contribution >= 4 is 23.0 Å². The molecule has 1 heterocycles. The molecule has 2 rings (SSSR count). The van der Waals surface area contributed by atoms with Crippen LogP contribution in [0.1, 0.15) is 39.2 Å². The van der Waals surface area contributed by atoms with E-state index < -0.39 is 24.3 Å². The number of rotatable bonds is 2. The van der Waals surface area contributed by atoms with Gasteiger partial charge in [0.1, 0.15) is 5.82 Å². The summed E-state index contributed by atoms with van der Waals surface area (Å²) >= 11 is 3.16. The first-order chi connectivity index (χ1) is 8.66. The van der Waals surface area contributed by atoms with Gasteiger partial charge in [-0.3, -0.25) is 0 Å². The standard InChI is InChI=1S/C13H18BBrFNO2/c1-12(2)13(3,4)19-14(18-12)11(17)8-6-5-7-9(15)10(8)16/h5-7,11H,17H2,1-4H3/t11-/m0/s1. The third-order valence-corrected chi connectivity index (χ3v) is 4.52. The molecule has 1 aliphatic heterocycles. The van der Waals surface area contributed by atoms with Gasteiger partial charge in [-0.2, -0.15) is 0 Å². The molecule has 19 heavy (non-hydrogen) atoms. The van der Waals surface area contributed by atoms with E-state index in [1.807, 2.05) is 27.7 Å². The number of halogens is 2. The van der Waals surface area contributed by atoms with Gasteiger partial charge in [0, 0.05) is 5.56 Å². The molecular formula is C13H18BBrFNO2. The van der Waals surface area contributed by atoms with Gasteiger partial charge in [0.2, 0.25) is 0 Å². The number of hydrogen-bond acceptors (Lipinski definition) is 3. The van der Waals surface area contributed by atoms with Crippen molar-refractivity contribution in [3.05, 3.63) is 34.1 Å². The van der Waals surface area contributed by atoms with Crippen molar-refractivity contribution in [1.82, 2.24) is 0 Å². The summed E-state index contributed by atoms with van der Waals surface area (Å²) in [6.45, 7) is 7.77. The molecule has 0 unspecified atom stereocenters. The Bertz CT molecular complexity index is 480. The van der Waals surface area contributed by atoms with E-state index in [0.717, 1.165) is 0 Å². The molecule has 0 aromatic heterocycles. The lowest BCUT2D eigenvalue weighted by molar-refractivity contribution is 0.00578. The third kappa shape index (κ3) is 2.59. The molecule has 0 aliphatic carbocycles. The van der Waals surface area contributed by atoms with E-state index in [4.69, 9.17) is 15.0 Å². The summed E-state index contributed by atoms with van der Waals surface area (Å²) in [5.74, 6) is -1.04. The second-order valence-corrected chi connectivity index (χ2v) is 6.65. The van der Waals surface area contributed by atoms with Gasteiger partial charge in [-0.15, -0.1) is 0 Å². The minimum Gasteiger partial charge on any atom is -0.402 e. The summed E-state index contributed by atoms with van der Waals surface area (Å²) in [4.78, 5) is 0. The SMILES string of the molecule is CC1(C)OB([C@@H](N)c2cccc(Br)c2F)OC1(C)C. The number of benzene rings is 1. The molecule has 0 bridgehead atoms. The van der Waals surface area contributed by atoms with E-state index in [9.17, 15) is 4.39 Å². The van der Waals surface area contributed by atoms with E-state index in [0.29, 0.717) is 10.0 Å². The predicted molar refractivity (Wildman–Crippen MR) is 77.1 cm³/mol. The Morgan fingerprint density at radius 1 is 1.21 bits per heavy atom. The molecule has 0 radical (unpaired) electrons. The summed E-state index contributed by atoms with van der Waals surface area (Å²) < 4.78 is 26.1. The summed E-state index contributed by atoms with van der Waals surface area (Å²) in [5.41, 5.74) is 5.53. The van der Waals surface area contributed by atoms with Crippen LogP contribution in [-0.4, -0.2) is 18.3 Å². The lowest BCUT2D eigenvalue weighted by atomic mass is 9.75. The minimum atomic E-state index is -0.668. The molecule has 1 atom stereocenters. The highest BCUT2D eigenvalue weighted by Crippen LogP contribution is 2.40. The van der Waals surface area contributed by atoms with Crippen molar-refractivity contribution in [1.29, 1.82) is 0 Å². The van der Waals surface area contributed by atoms with E-state index in [-0.39, 0.29) is 5.82 Å². The van der Waals surface area contributed by atoms with Gasteiger partial charge < -0.3 is 15.0 Å². The molecule has 0 spiro atoms. The van der Waals surface area contributed by atoms with Crippen molar-refractivity contribution < 1.29 is 13.7 Å². The van der Waals surface area contributed by atoms with Gasteiger partial charge in [-0.05, 0) is 49.7 Å². The Morgan fingerprint density at radius 2 is 1.74 bits per heavy atom. The van der Waals surface area contributed by atoms with Gasteiger partial charge >= 0.3 is 7.12 Å². The van der Waals surface area contributed by atoms with Gasteiger partial charge in [-0.25, -0.2) is 4.39 Å². The second-order valence-electron chi connectivity index (χ2n) is 5.79. The molecule has 2 N–H and O–H groups in total. The van der Waals surface area contributed by atoms with Gasteiger partial charge in [-0.1, -0.05) is 12.1 Å². The Hall–Kier alpha value is -0.425. The number of nitrogens with two attached hydrogens (primary N) is 1. The molecule has 1 aliphatic rings. The third-order valence-electron chi connectivity index (χ3n) is 3.91. The van der Waals surface area contributed by atoms with Crippen molar-refractivity contribution in [2.45, 2.75) is 44.8 Å². The molecule has 3 nitrogen and oxygen atoms in total. The first kappa shape index (κ1) is 15.0. The molecular weight excluding hydrogens is 312 g/mol. The first-order valence-electron chi connectivity index (χ1n) is 6.21.